The lowest BCUT2D eigenvalue weighted by Crippen LogP contribution is -2.13. The van der Waals surface area contributed by atoms with E-state index in [1.165, 1.54) is 51.4 Å². The van der Waals surface area contributed by atoms with E-state index in [0.717, 1.165) is 80.9 Å². The largest absolute Gasteiger partial charge is 0.425 e. The third kappa shape index (κ3) is 7.33. The Morgan fingerprint density at radius 2 is 0.864 bits per heavy atom. The first-order valence-corrected chi connectivity index (χ1v) is 18.2. The van der Waals surface area contributed by atoms with Crippen molar-refractivity contribution in [3.05, 3.63) is 90.9 Å². The van der Waals surface area contributed by atoms with Gasteiger partial charge in [-0.05, 0) is 61.1 Å². The molecule has 2 aliphatic heterocycles. The van der Waals surface area contributed by atoms with Crippen LogP contribution in [0.1, 0.15) is 136 Å². The molecule has 3 aromatic carbocycles. The standard InChI is InChI=1S/C38H44Br2O4/c1-3-5-7-9-11-13-15-29-33-31(25-17-21-27(39)22-18-25)37(41)44-36(33)30(16-14-12-10-8-6-4-2)34-32(38(42)43-35(29)34)26-19-23-28(40)24-20-26/h17-24,31-32H,3-16H2,1-2H3. The molecule has 0 N–H and O–H groups in total. The molecule has 4 nitrogen and oxygen atoms in total. The SMILES string of the molecule is CCCCCCCCc1c2c(c(CCCCCCCC)c3c1C(c1ccc(Br)cc1)C(=O)O3)C(c1ccc(Br)cc1)C(=O)O2. The van der Waals surface area contributed by atoms with Gasteiger partial charge in [0.1, 0.15) is 23.3 Å². The maximum Gasteiger partial charge on any atom is 0.323 e. The minimum absolute atomic E-state index is 0.245. The highest BCUT2D eigenvalue weighted by molar-refractivity contribution is 9.10. The first-order valence-electron chi connectivity index (χ1n) is 16.6. The molecule has 0 spiro atoms. The molecule has 0 aromatic heterocycles. The molecular weight excluding hydrogens is 680 g/mol. The maximum atomic E-state index is 13.8. The third-order valence-electron chi connectivity index (χ3n) is 9.11. The van der Waals surface area contributed by atoms with E-state index in [-0.39, 0.29) is 11.9 Å². The number of hydrogen-bond acceptors (Lipinski definition) is 4. The van der Waals surface area contributed by atoms with Gasteiger partial charge in [-0.25, -0.2) is 0 Å². The Morgan fingerprint density at radius 3 is 1.23 bits per heavy atom. The van der Waals surface area contributed by atoms with Crippen molar-refractivity contribution in [2.24, 2.45) is 0 Å². The van der Waals surface area contributed by atoms with Gasteiger partial charge in [-0.15, -0.1) is 0 Å². The summed E-state index contributed by atoms with van der Waals surface area (Å²) in [5.74, 6) is -0.204. The minimum Gasteiger partial charge on any atom is -0.425 e. The molecule has 2 aliphatic rings. The Morgan fingerprint density at radius 1 is 0.523 bits per heavy atom. The van der Waals surface area contributed by atoms with E-state index in [2.05, 4.69) is 45.7 Å². The third-order valence-corrected chi connectivity index (χ3v) is 10.2. The van der Waals surface area contributed by atoms with E-state index in [1.807, 2.05) is 48.5 Å². The summed E-state index contributed by atoms with van der Waals surface area (Å²) < 4.78 is 14.5. The lowest BCUT2D eigenvalue weighted by atomic mass is 9.80. The number of hydrogen-bond donors (Lipinski definition) is 0. The first-order chi connectivity index (χ1) is 21.4. The second-order valence-corrected chi connectivity index (χ2v) is 14.1. The van der Waals surface area contributed by atoms with Crippen LogP contribution in [0.4, 0.5) is 0 Å². The molecule has 0 radical (unpaired) electrons. The molecule has 3 aromatic rings. The number of halogens is 2. The van der Waals surface area contributed by atoms with Crippen LogP contribution in [0.2, 0.25) is 0 Å². The summed E-state index contributed by atoms with van der Waals surface area (Å²) in [4.78, 5) is 27.5. The van der Waals surface area contributed by atoms with Crippen molar-refractivity contribution in [3.63, 3.8) is 0 Å². The number of carbonyl (C=O) groups excluding carboxylic acids is 2. The number of benzene rings is 3. The molecule has 6 heteroatoms. The van der Waals surface area contributed by atoms with Crippen LogP contribution in [-0.4, -0.2) is 11.9 Å². The Labute approximate surface area is 279 Å². The molecule has 0 saturated carbocycles. The molecule has 0 amide bonds. The van der Waals surface area contributed by atoms with Crippen LogP contribution in [0.15, 0.2) is 57.5 Å². The van der Waals surface area contributed by atoms with Gasteiger partial charge in [0.25, 0.3) is 0 Å². The summed E-state index contributed by atoms with van der Waals surface area (Å²) >= 11 is 7.08. The molecule has 234 valence electrons. The van der Waals surface area contributed by atoms with Crippen molar-refractivity contribution in [3.8, 4) is 11.5 Å². The van der Waals surface area contributed by atoms with Crippen LogP contribution in [0, 0.1) is 0 Å². The van der Waals surface area contributed by atoms with Gasteiger partial charge in [-0.3, -0.25) is 9.59 Å². The highest BCUT2D eigenvalue weighted by atomic mass is 79.9. The lowest BCUT2D eigenvalue weighted by Gasteiger charge is -2.20. The average Bonchev–Trinajstić information content (AvgIpc) is 3.54. The summed E-state index contributed by atoms with van der Waals surface area (Å²) in [6, 6.07) is 15.9. The Bertz CT molecular complexity index is 1330. The molecule has 0 fully saturated rings. The van der Waals surface area contributed by atoms with E-state index in [9.17, 15) is 9.59 Å². The smallest absolute Gasteiger partial charge is 0.323 e. The zero-order valence-corrected chi connectivity index (χ0v) is 29.2. The molecular formula is C38H44Br2O4. The molecule has 0 bridgehead atoms. The normalized spacial score (nSPS) is 17.0. The number of unbranched alkanes of at least 4 members (excludes halogenated alkanes) is 10. The Hall–Kier alpha value is -2.44. The topological polar surface area (TPSA) is 52.6 Å². The molecule has 2 atom stereocenters. The molecule has 0 aliphatic carbocycles. The monoisotopic (exact) mass is 722 g/mol. The Balaban J connectivity index is 1.62. The first kappa shape index (κ1) is 32.9. The van der Waals surface area contributed by atoms with Crippen LogP contribution < -0.4 is 9.47 Å². The number of fused-ring (bicyclic) bond motifs is 2. The van der Waals surface area contributed by atoms with E-state index < -0.39 is 11.8 Å². The van der Waals surface area contributed by atoms with Gasteiger partial charge in [0.2, 0.25) is 0 Å². The molecule has 44 heavy (non-hydrogen) atoms. The predicted octanol–water partition coefficient (Wildman–Crippen LogP) is 11.1. The van der Waals surface area contributed by atoms with E-state index in [1.54, 1.807) is 0 Å². The van der Waals surface area contributed by atoms with Crippen molar-refractivity contribution < 1.29 is 19.1 Å². The van der Waals surface area contributed by atoms with Crippen LogP contribution >= 0.6 is 31.9 Å². The highest BCUT2D eigenvalue weighted by Gasteiger charge is 2.46. The van der Waals surface area contributed by atoms with Crippen molar-refractivity contribution in [1.82, 2.24) is 0 Å². The summed E-state index contributed by atoms with van der Waals surface area (Å²) in [6.07, 6.45) is 15.4. The van der Waals surface area contributed by atoms with Gasteiger partial charge in [0.15, 0.2) is 0 Å². The second-order valence-electron chi connectivity index (χ2n) is 12.3. The van der Waals surface area contributed by atoms with E-state index in [0.29, 0.717) is 11.5 Å². The van der Waals surface area contributed by atoms with E-state index in [4.69, 9.17) is 9.47 Å². The predicted molar refractivity (Wildman–Crippen MR) is 184 cm³/mol. The van der Waals surface area contributed by atoms with Gasteiger partial charge in [-0.2, -0.15) is 0 Å². The fourth-order valence-corrected chi connectivity index (χ4v) is 7.35. The molecule has 5 rings (SSSR count). The van der Waals surface area contributed by atoms with Gasteiger partial charge in [0.05, 0.1) is 0 Å². The minimum atomic E-state index is -0.535. The fourth-order valence-electron chi connectivity index (χ4n) is 6.82. The summed E-state index contributed by atoms with van der Waals surface area (Å²) in [5.41, 5.74) is 5.58. The van der Waals surface area contributed by atoms with Crippen molar-refractivity contribution in [2.75, 3.05) is 0 Å². The zero-order chi connectivity index (χ0) is 31.1. The lowest BCUT2D eigenvalue weighted by molar-refractivity contribution is -0.133. The van der Waals surface area contributed by atoms with Gasteiger partial charge in [-0.1, -0.05) is 134 Å². The van der Waals surface area contributed by atoms with E-state index >= 15 is 0 Å². The average molecular weight is 725 g/mol. The van der Waals surface area contributed by atoms with Crippen molar-refractivity contribution in [1.29, 1.82) is 0 Å². The quantitative estimate of drug-likeness (QED) is 0.0839. The van der Waals surface area contributed by atoms with Gasteiger partial charge in [0, 0.05) is 31.2 Å². The molecule has 2 unspecified atom stereocenters. The molecule has 2 heterocycles. The second kappa shape index (κ2) is 15.7. The number of rotatable bonds is 16. The number of ether oxygens (including phenoxy) is 2. The van der Waals surface area contributed by atoms with Crippen molar-refractivity contribution in [2.45, 2.75) is 116 Å². The summed E-state index contributed by atoms with van der Waals surface area (Å²) in [7, 11) is 0. The summed E-state index contributed by atoms with van der Waals surface area (Å²) in [6.45, 7) is 4.46. The van der Waals surface area contributed by atoms with Crippen molar-refractivity contribution >= 4 is 43.8 Å². The molecule has 0 saturated heterocycles. The van der Waals surface area contributed by atoms with Gasteiger partial charge < -0.3 is 9.47 Å². The van der Waals surface area contributed by atoms with Crippen LogP contribution in [0.5, 0.6) is 11.5 Å². The highest BCUT2D eigenvalue weighted by Crippen LogP contribution is 2.55. The number of esters is 2. The Kier molecular flexibility index (Phi) is 11.8. The maximum absolute atomic E-state index is 13.8. The van der Waals surface area contributed by atoms with Crippen LogP contribution in [-0.2, 0) is 22.4 Å². The van der Waals surface area contributed by atoms with Gasteiger partial charge >= 0.3 is 11.9 Å². The van der Waals surface area contributed by atoms with Crippen LogP contribution in [0.25, 0.3) is 0 Å². The number of carbonyl (C=O) groups is 2. The fraction of sp³-hybridized carbons (Fsp3) is 0.474. The summed E-state index contributed by atoms with van der Waals surface area (Å²) in [5, 5.41) is 0. The van der Waals surface area contributed by atoms with Crippen LogP contribution in [0.3, 0.4) is 0 Å². The zero-order valence-electron chi connectivity index (χ0n) is 26.1.